The minimum absolute atomic E-state index is 0.254. The third-order valence-electron chi connectivity index (χ3n) is 12.8. The second kappa shape index (κ2) is 18.4. The second-order valence-corrected chi connectivity index (χ2v) is 17.1. The number of methoxy groups -OCH3 is 2. The molecule has 4 heterocycles. The molecule has 0 atom stereocenters. The number of halogens is 2. The average molecular weight is 826 g/mol. The van der Waals surface area contributed by atoms with Crippen molar-refractivity contribution >= 4 is 35.0 Å². The summed E-state index contributed by atoms with van der Waals surface area (Å²) in [6.45, 7) is 4.53. The Morgan fingerprint density at radius 3 is 1.83 bits per heavy atom. The standard InChI is InChI=1S/C46H54Cl2N6O4/c1-57-40-26-31(12-13-32(40)27-50-34-17-22-53(23-18-34)45(55)29-6-3-7-29)43-42(48)37(16-21-49-43)36-10-5-11-38(41(36)47)39-15-14-33(44(52-39)58-2)28-51-35-19-24-54(25-20-35)46(56)30-8-4-9-30/h5,10-16,21,26,29-30,34-35,50-51H,3-4,6-9,17-20,22-25,27-28H2,1-2H3. The molecule has 8 rings (SSSR count). The molecule has 10 nitrogen and oxygen atoms in total. The van der Waals surface area contributed by atoms with Gasteiger partial charge in [0.1, 0.15) is 5.75 Å². The summed E-state index contributed by atoms with van der Waals surface area (Å²) in [4.78, 5) is 39.1. The van der Waals surface area contributed by atoms with E-state index in [1.807, 2.05) is 48.5 Å². The van der Waals surface area contributed by atoms with E-state index in [2.05, 4.69) is 26.5 Å². The molecule has 4 aromatic rings. The van der Waals surface area contributed by atoms with E-state index in [0.29, 0.717) is 64.3 Å². The lowest BCUT2D eigenvalue weighted by molar-refractivity contribution is -0.140. The number of nitrogens with one attached hydrogen (secondary N) is 2. The van der Waals surface area contributed by atoms with Crippen LogP contribution in [0.5, 0.6) is 11.6 Å². The fourth-order valence-corrected chi connectivity index (χ4v) is 9.35. The monoisotopic (exact) mass is 824 g/mol. The zero-order valence-electron chi connectivity index (χ0n) is 33.6. The van der Waals surface area contributed by atoms with Crippen molar-refractivity contribution < 1.29 is 19.1 Å². The van der Waals surface area contributed by atoms with Crippen molar-refractivity contribution in [3.8, 4) is 45.3 Å². The van der Waals surface area contributed by atoms with Crippen LogP contribution in [0.2, 0.25) is 10.0 Å². The first-order valence-corrected chi connectivity index (χ1v) is 21.8. The van der Waals surface area contributed by atoms with Crippen molar-refractivity contribution in [3.63, 3.8) is 0 Å². The summed E-state index contributed by atoms with van der Waals surface area (Å²) in [5.74, 6) is 2.50. The van der Waals surface area contributed by atoms with Crippen LogP contribution in [0.15, 0.2) is 60.8 Å². The zero-order valence-corrected chi connectivity index (χ0v) is 35.1. The highest BCUT2D eigenvalue weighted by Crippen LogP contribution is 2.42. The maximum absolute atomic E-state index is 12.7. The molecular formula is C46H54Cl2N6O4. The Morgan fingerprint density at radius 1 is 0.690 bits per heavy atom. The third kappa shape index (κ3) is 8.71. The highest BCUT2D eigenvalue weighted by atomic mass is 35.5. The van der Waals surface area contributed by atoms with Crippen LogP contribution < -0.4 is 20.1 Å². The third-order valence-corrected chi connectivity index (χ3v) is 13.6. The summed E-state index contributed by atoms with van der Waals surface area (Å²) >= 11 is 14.3. The van der Waals surface area contributed by atoms with E-state index in [1.54, 1.807) is 20.4 Å². The summed E-state index contributed by atoms with van der Waals surface area (Å²) in [7, 11) is 3.32. The second-order valence-electron chi connectivity index (χ2n) is 16.3. The fourth-order valence-electron chi connectivity index (χ4n) is 8.70. The molecule has 2 saturated heterocycles. The summed E-state index contributed by atoms with van der Waals surface area (Å²) in [6.07, 6.45) is 12.1. The van der Waals surface area contributed by atoms with Gasteiger partial charge in [0.25, 0.3) is 0 Å². The number of nitrogens with zero attached hydrogens (tertiary/aromatic N) is 4. The number of carbonyl (C=O) groups excluding carboxylic acids is 2. The van der Waals surface area contributed by atoms with Crippen LogP contribution in [0.4, 0.5) is 0 Å². The topological polar surface area (TPSA) is 109 Å². The summed E-state index contributed by atoms with van der Waals surface area (Å²) in [5, 5.41) is 8.38. The number of amides is 2. The molecule has 2 saturated carbocycles. The number of hydrogen-bond acceptors (Lipinski definition) is 8. The van der Waals surface area contributed by atoms with Crippen molar-refractivity contribution in [3.05, 3.63) is 82.0 Å². The molecular weight excluding hydrogens is 771 g/mol. The minimum atomic E-state index is 0.254. The largest absolute Gasteiger partial charge is 0.496 e. The van der Waals surface area contributed by atoms with E-state index in [-0.39, 0.29) is 11.8 Å². The lowest BCUT2D eigenvalue weighted by Gasteiger charge is -2.37. The number of rotatable bonds is 13. The van der Waals surface area contributed by atoms with E-state index >= 15 is 0 Å². The van der Waals surface area contributed by atoms with Crippen molar-refractivity contribution in [1.29, 1.82) is 0 Å². The fraction of sp³-hybridized carbons (Fsp3) is 0.478. The molecule has 306 valence electrons. The molecule has 4 fully saturated rings. The normalized spacial score (nSPS) is 18.1. The molecule has 0 radical (unpaired) electrons. The Balaban J connectivity index is 0.921. The molecule has 4 aliphatic rings. The van der Waals surface area contributed by atoms with Gasteiger partial charge in [0.15, 0.2) is 0 Å². The molecule has 12 heteroatoms. The molecule has 2 aromatic carbocycles. The van der Waals surface area contributed by atoms with Crippen molar-refractivity contribution in [2.75, 3.05) is 40.4 Å². The van der Waals surface area contributed by atoms with Gasteiger partial charge in [-0.3, -0.25) is 14.6 Å². The molecule has 58 heavy (non-hydrogen) atoms. The van der Waals surface area contributed by atoms with E-state index < -0.39 is 0 Å². The van der Waals surface area contributed by atoms with Gasteiger partial charge in [-0.2, -0.15) is 0 Å². The quantitative estimate of drug-likeness (QED) is 0.138. The number of hydrogen-bond donors (Lipinski definition) is 2. The van der Waals surface area contributed by atoms with E-state index in [1.165, 1.54) is 12.8 Å². The van der Waals surface area contributed by atoms with Crippen LogP contribution in [0, 0.1) is 11.8 Å². The molecule has 2 aliphatic heterocycles. The highest BCUT2D eigenvalue weighted by molar-refractivity contribution is 6.39. The van der Waals surface area contributed by atoms with Gasteiger partial charge >= 0.3 is 0 Å². The van der Waals surface area contributed by atoms with Gasteiger partial charge in [0.2, 0.25) is 17.7 Å². The molecule has 2 N–H and O–H groups in total. The van der Waals surface area contributed by atoms with Crippen LogP contribution in [-0.4, -0.2) is 84.1 Å². The Labute approximate surface area is 352 Å². The lowest BCUT2D eigenvalue weighted by Crippen LogP contribution is -2.47. The molecule has 2 amide bonds. The van der Waals surface area contributed by atoms with Crippen LogP contribution in [-0.2, 0) is 22.7 Å². The van der Waals surface area contributed by atoms with Gasteiger partial charge in [0.05, 0.1) is 35.7 Å². The van der Waals surface area contributed by atoms with E-state index in [4.69, 9.17) is 42.6 Å². The number of benzene rings is 2. The van der Waals surface area contributed by atoms with Gasteiger partial charge in [-0.05, 0) is 69.6 Å². The lowest BCUT2D eigenvalue weighted by atomic mass is 9.84. The molecule has 0 spiro atoms. The zero-order chi connectivity index (χ0) is 40.2. The predicted octanol–water partition coefficient (Wildman–Crippen LogP) is 8.56. The van der Waals surface area contributed by atoms with E-state index in [9.17, 15) is 9.59 Å². The summed E-state index contributed by atoms with van der Waals surface area (Å²) in [6, 6.07) is 18.5. The van der Waals surface area contributed by atoms with Crippen LogP contribution in [0.3, 0.4) is 0 Å². The van der Waals surface area contributed by atoms with Crippen molar-refractivity contribution in [1.82, 2.24) is 30.4 Å². The predicted molar refractivity (Wildman–Crippen MR) is 229 cm³/mol. The van der Waals surface area contributed by atoms with Crippen LogP contribution in [0.25, 0.3) is 33.6 Å². The van der Waals surface area contributed by atoms with E-state index in [0.717, 1.165) is 117 Å². The number of carbonyl (C=O) groups is 2. The number of likely N-dealkylation sites (tertiary alicyclic amines) is 2. The molecule has 0 unspecified atom stereocenters. The summed E-state index contributed by atoms with van der Waals surface area (Å²) in [5.41, 5.74) is 6.48. The van der Waals surface area contributed by atoms with Crippen molar-refractivity contribution in [2.45, 2.75) is 89.4 Å². The number of pyridine rings is 2. The first-order chi connectivity index (χ1) is 28.3. The molecule has 0 bridgehead atoms. The number of piperidine rings is 2. The van der Waals surface area contributed by atoms with Gasteiger partial charge < -0.3 is 29.9 Å². The first-order valence-electron chi connectivity index (χ1n) is 21.0. The molecule has 2 aromatic heterocycles. The van der Waals surface area contributed by atoms with Gasteiger partial charge in [-0.1, -0.05) is 72.4 Å². The molecule has 2 aliphatic carbocycles. The number of ether oxygens (including phenoxy) is 2. The van der Waals surface area contributed by atoms with Crippen LogP contribution in [0.1, 0.15) is 75.3 Å². The Hall–Kier alpha value is -4.22. The first kappa shape index (κ1) is 40.6. The number of aromatic nitrogens is 2. The Bertz CT molecular complexity index is 1960. The Kier molecular flexibility index (Phi) is 12.8. The van der Waals surface area contributed by atoms with Gasteiger partial charge in [0, 0.05) is 103 Å². The van der Waals surface area contributed by atoms with Gasteiger partial charge in [-0.15, -0.1) is 0 Å². The highest BCUT2D eigenvalue weighted by Gasteiger charge is 2.33. The minimum Gasteiger partial charge on any atom is -0.496 e. The maximum atomic E-state index is 12.7. The smallest absolute Gasteiger partial charge is 0.225 e. The van der Waals surface area contributed by atoms with Crippen molar-refractivity contribution in [2.24, 2.45) is 11.8 Å². The average Bonchev–Trinajstić information content (AvgIpc) is 3.21. The summed E-state index contributed by atoms with van der Waals surface area (Å²) < 4.78 is 11.6. The van der Waals surface area contributed by atoms with Gasteiger partial charge in [-0.25, -0.2) is 4.98 Å². The Morgan fingerprint density at radius 2 is 1.26 bits per heavy atom. The van der Waals surface area contributed by atoms with Crippen LogP contribution >= 0.6 is 23.2 Å². The maximum Gasteiger partial charge on any atom is 0.225 e. The SMILES string of the molecule is COc1cc(-c2nccc(-c3cccc(-c4ccc(CNC5CCN(C(=O)C6CCC6)CC5)c(OC)n4)c3Cl)c2Cl)ccc1CNC1CCN(C(=O)C2CCC2)CC1.